The minimum Gasteiger partial charge on any atom is -0.381 e. The molecule has 1 saturated heterocycles. The Balaban J connectivity index is 1.44. The zero-order valence-corrected chi connectivity index (χ0v) is 14.1. The summed E-state index contributed by atoms with van der Waals surface area (Å²) < 4.78 is 20.3. The maximum Gasteiger partial charge on any atom is 0.272 e. The number of anilines is 1. The standard InChI is InChI=1S/C19H19FN4O2/c20-15-3-1-13(2-4-15)14-9-18(21-10-14)19(25)23-16-11-22-24(12-16)17-5-7-26-8-6-17/h1-4,9-12,17,21H,5-8H2,(H,23,25). The molecular weight excluding hydrogens is 335 g/mol. The molecule has 6 nitrogen and oxygen atoms in total. The van der Waals surface area contributed by atoms with E-state index in [2.05, 4.69) is 15.4 Å². The second-order valence-electron chi connectivity index (χ2n) is 6.32. The minimum atomic E-state index is -0.288. The Hall–Kier alpha value is -2.93. The maximum atomic E-state index is 13.0. The molecular formula is C19H19FN4O2. The lowest BCUT2D eigenvalue weighted by Gasteiger charge is -2.22. The Morgan fingerprint density at radius 2 is 2.00 bits per heavy atom. The van der Waals surface area contributed by atoms with E-state index in [0.29, 0.717) is 17.4 Å². The smallest absolute Gasteiger partial charge is 0.272 e. The SMILES string of the molecule is O=C(Nc1cnn(C2CCOCC2)c1)c1cc(-c2ccc(F)cc2)c[nH]1. The molecule has 26 heavy (non-hydrogen) atoms. The molecule has 0 atom stereocenters. The molecule has 1 amide bonds. The first kappa shape index (κ1) is 16.5. The molecule has 0 aliphatic carbocycles. The minimum absolute atomic E-state index is 0.245. The van der Waals surface area contributed by atoms with E-state index in [1.807, 2.05) is 10.9 Å². The maximum absolute atomic E-state index is 13.0. The molecule has 3 aromatic rings. The second-order valence-corrected chi connectivity index (χ2v) is 6.32. The molecule has 1 aliphatic heterocycles. The number of aromatic amines is 1. The lowest BCUT2D eigenvalue weighted by atomic mass is 10.1. The van der Waals surface area contributed by atoms with Crippen LogP contribution in [0.4, 0.5) is 10.1 Å². The molecule has 0 radical (unpaired) electrons. The van der Waals surface area contributed by atoms with Gasteiger partial charge in [0, 0.05) is 25.6 Å². The molecule has 1 aromatic carbocycles. The topological polar surface area (TPSA) is 71.9 Å². The predicted octanol–water partition coefficient (Wildman–Crippen LogP) is 3.62. The summed E-state index contributed by atoms with van der Waals surface area (Å²) in [5.41, 5.74) is 2.75. The molecule has 0 saturated carbocycles. The highest BCUT2D eigenvalue weighted by Gasteiger charge is 2.17. The van der Waals surface area contributed by atoms with Crippen LogP contribution in [0.15, 0.2) is 48.9 Å². The van der Waals surface area contributed by atoms with Gasteiger partial charge in [0.15, 0.2) is 0 Å². The third-order valence-corrected chi connectivity index (χ3v) is 4.53. The Morgan fingerprint density at radius 3 is 2.77 bits per heavy atom. The van der Waals surface area contributed by atoms with Crippen molar-refractivity contribution in [2.45, 2.75) is 18.9 Å². The van der Waals surface area contributed by atoms with E-state index in [-0.39, 0.29) is 11.7 Å². The van der Waals surface area contributed by atoms with Crippen LogP contribution in [0.1, 0.15) is 29.4 Å². The summed E-state index contributed by atoms with van der Waals surface area (Å²) in [5.74, 6) is -0.534. The van der Waals surface area contributed by atoms with E-state index in [1.54, 1.807) is 30.6 Å². The van der Waals surface area contributed by atoms with Crippen LogP contribution >= 0.6 is 0 Å². The average molecular weight is 354 g/mol. The monoisotopic (exact) mass is 354 g/mol. The lowest BCUT2D eigenvalue weighted by Crippen LogP contribution is -2.19. The Morgan fingerprint density at radius 1 is 1.23 bits per heavy atom. The lowest BCUT2D eigenvalue weighted by molar-refractivity contribution is 0.0662. The van der Waals surface area contributed by atoms with Gasteiger partial charge in [-0.05, 0) is 42.2 Å². The molecule has 2 aromatic heterocycles. The fraction of sp³-hybridized carbons (Fsp3) is 0.263. The van der Waals surface area contributed by atoms with E-state index in [4.69, 9.17) is 4.74 Å². The zero-order chi connectivity index (χ0) is 17.9. The number of hydrogen-bond acceptors (Lipinski definition) is 3. The summed E-state index contributed by atoms with van der Waals surface area (Å²) in [6.07, 6.45) is 7.07. The Labute approximate surface area is 150 Å². The highest BCUT2D eigenvalue weighted by atomic mass is 19.1. The van der Waals surface area contributed by atoms with Crippen LogP contribution < -0.4 is 5.32 Å². The van der Waals surface area contributed by atoms with Crippen LogP contribution in [0.2, 0.25) is 0 Å². The average Bonchev–Trinajstić information content (AvgIpc) is 3.33. The molecule has 0 bridgehead atoms. The van der Waals surface area contributed by atoms with Crippen LogP contribution in [0.3, 0.4) is 0 Å². The van der Waals surface area contributed by atoms with Crippen LogP contribution in [-0.2, 0) is 4.74 Å². The van der Waals surface area contributed by atoms with Crippen molar-refractivity contribution in [3.63, 3.8) is 0 Å². The third kappa shape index (κ3) is 3.52. The van der Waals surface area contributed by atoms with Gasteiger partial charge in [0.05, 0.1) is 17.9 Å². The summed E-state index contributed by atoms with van der Waals surface area (Å²) in [4.78, 5) is 15.4. The third-order valence-electron chi connectivity index (χ3n) is 4.53. The van der Waals surface area contributed by atoms with Gasteiger partial charge in [0.2, 0.25) is 0 Å². The number of carbonyl (C=O) groups is 1. The molecule has 3 heterocycles. The number of hydrogen-bond donors (Lipinski definition) is 2. The van der Waals surface area contributed by atoms with Gasteiger partial charge in [-0.3, -0.25) is 9.48 Å². The van der Waals surface area contributed by atoms with Crippen molar-refractivity contribution in [1.82, 2.24) is 14.8 Å². The number of halogens is 1. The van der Waals surface area contributed by atoms with Gasteiger partial charge in [-0.15, -0.1) is 0 Å². The summed E-state index contributed by atoms with van der Waals surface area (Å²) in [6.45, 7) is 1.47. The molecule has 7 heteroatoms. The number of nitrogens with one attached hydrogen (secondary N) is 2. The summed E-state index contributed by atoms with van der Waals surface area (Å²) in [6, 6.07) is 8.20. The highest BCUT2D eigenvalue weighted by Crippen LogP contribution is 2.23. The van der Waals surface area contributed by atoms with Crippen molar-refractivity contribution >= 4 is 11.6 Å². The Bertz CT molecular complexity index is 894. The van der Waals surface area contributed by atoms with Crippen LogP contribution in [0.25, 0.3) is 11.1 Å². The molecule has 0 spiro atoms. The second kappa shape index (κ2) is 7.13. The predicted molar refractivity (Wildman–Crippen MR) is 95.5 cm³/mol. The zero-order valence-electron chi connectivity index (χ0n) is 14.1. The van der Waals surface area contributed by atoms with E-state index in [9.17, 15) is 9.18 Å². The van der Waals surface area contributed by atoms with Gasteiger partial charge < -0.3 is 15.0 Å². The summed E-state index contributed by atoms with van der Waals surface area (Å²) in [7, 11) is 0. The first-order valence-corrected chi connectivity index (χ1v) is 8.56. The first-order valence-electron chi connectivity index (χ1n) is 8.56. The van der Waals surface area contributed by atoms with Gasteiger partial charge in [-0.2, -0.15) is 5.10 Å². The van der Waals surface area contributed by atoms with Crippen LogP contribution in [0, 0.1) is 5.82 Å². The molecule has 0 unspecified atom stereocenters. The van der Waals surface area contributed by atoms with E-state index in [0.717, 1.165) is 37.2 Å². The van der Waals surface area contributed by atoms with Gasteiger partial charge in [0.1, 0.15) is 11.5 Å². The largest absolute Gasteiger partial charge is 0.381 e. The molecule has 1 fully saturated rings. The van der Waals surface area contributed by atoms with Crippen molar-refractivity contribution in [3.8, 4) is 11.1 Å². The number of H-pyrrole nitrogens is 1. The molecule has 4 rings (SSSR count). The number of nitrogens with zero attached hydrogens (tertiary/aromatic N) is 2. The van der Waals surface area contributed by atoms with Crippen LogP contribution in [-0.4, -0.2) is 33.9 Å². The number of carbonyl (C=O) groups excluding carboxylic acids is 1. The normalized spacial score (nSPS) is 15.1. The van der Waals surface area contributed by atoms with E-state index < -0.39 is 0 Å². The number of benzene rings is 1. The van der Waals surface area contributed by atoms with Crippen molar-refractivity contribution < 1.29 is 13.9 Å². The quantitative estimate of drug-likeness (QED) is 0.752. The number of aromatic nitrogens is 3. The van der Waals surface area contributed by atoms with Gasteiger partial charge in [-0.1, -0.05) is 12.1 Å². The van der Waals surface area contributed by atoms with E-state index >= 15 is 0 Å². The summed E-state index contributed by atoms with van der Waals surface area (Å²) >= 11 is 0. The van der Waals surface area contributed by atoms with Crippen molar-refractivity contribution in [3.05, 3.63) is 60.4 Å². The van der Waals surface area contributed by atoms with Crippen molar-refractivity contribution in [1.29, 1.82) is 0 Å². The fourth-order valence-corrected chi connectivity index (χ4v) is 3.08. The van der Waals surface area contributed by atoms with Crippen molar-refractivity contribution in [2.24, 2.45) is 0 Å². The fourth-order valence-electron chi connectivity index (χ4n) is 3.08. The highest BCUT2D eigenvalue weighted by molar-refractivity contribution is 6.03. The Kier molecular flexibility index (Phi) is 4.53. The number of ether oxygens (including phenoxy) is 1. The summed E-state index contributed by atoms with van der Waals surface area (Å²) in [5, 5.41) is 7.20. The number of rotatable bonds is 4. The van der Waals surface area contributed by atoms with Crippen LogP contribution in [0.5, 0.6) is 0 Å². The molecule has 2 N–H and O–H groups in total. The number of amides is 1. The van der Waals surface area contributed by atoms with Gasteiger partial charge in [0.25, 0.3) is 5.91 Å². The van der Waals surface area contributed by atoms with Crippen molar-refractivity contribution in [2.75, 3.05) is 18.5 Å². The van der Waals surface area contributed by atoms with E-state index in [1.165, 1.54) is 12.1 Å². The molecule has 1 aliphatic rings. The molecule has 134 valence electrons. The first-order chi connectivity index (χ1) is 12.7. The van der Waals surface area contributed by atoms with Gasteiger partial charge in [-0.25, -0.2) is 4.39 Å². The van der Waals surface area contributed by atoms with Gasteiger partial charge >= 0.3 is 0 Å².